The Kier molecular flexibility index (Phi) is 63.1. The van der Waals surface area contributed by atoms with Gasteiger partial charge in [-0.25, -0.2) is 0 Å². The molecule has 48 heteroatoms. The molecule has 0 radical (unpaired) electrons. The van der Waals surface area contributed by atoms with Gasteiger partial charge < -0.3 is 137 Å². The number of nitrogens with one attached hydrogen (secondary N) is 1. The van der Waals surface area contributed by atoms with Crippen molar-refractivity contribution in [3.8, 4) is 0 Å². The van der Waals surface area contributed by atoms with Crippen LogP contribution in [0.25, 0.3) is 0 Å². The van der Waals surface area contributed by atoms with Crippen LogP contribution in [0.4, 0.5) is 0 Å². The molecule has 2 unspecified atom stereocenters. The van der Waals surface area contributed by atoms with E-state index in [0.29, 0.717) is 82.1 Å². The first kappa shape index (κ1) is 122. The third-order valence-electron chi connectivity index (χ3n) is 22.6. The van der Waals surface area contributed by atoms with Crippen molar-refractivity contribution < 1.29 is 144 Å². The summed E-state index contributed by atoms with van der Waals surface area (Å²) in [7, 11) is 13.8. The highest BCUT2D eigenvalue weighted by atomic mass is 32.2. The van der Waals surface area contributed by atoms with Crippen LogP contribution >= 0.6 is 11.8 Å². The molecule has 0 aromatic rings. The highest BCUT2D eigenvalue weighted by Gasteiger charge is 2.40. The fraction of sp³-hybridized carbons (Fsp3) is 0.798. The third-order valence-corrected chi connectivity index (χ3v) is 23.8. The molecule has 4 N–H and O–H groups in total. The molecule has 0 aromatic carbocycles. The number of amides is 18. The van der Waals surface area contributed by atoms with Crippen LogP contribution in [0.2, 0.25) is 0 Å². The van der Waals surface area contributed by atoms with Gasteiger partial charge in [0, 0.05) is 239 Å². The minimum absolute atomic E-state index is 0.000624. The number of aliphatic hydroxyl groups excluding tert-OH is 1. The van der Waals surface area contributed by atoms with Gasteiger partial charge >= 0.3 is 0 Å². The molecule has 2 atom stereocenters. The summed E-state index contributed by atoms with van der Waals surface area (Å²) in [6, 6.07) is 0. The van der Waals surface area contributed by atoms with Crippen molar-refractivity contribution in [1.29, 1.82) is 0 Å². The predicted molar refractivity (Wildman–Crippen MR) is 498 cm³/mol. The van der Waals surface area contributed by atoms with E-state index in [4.69, 9.17) is 57.8 Å². The number of ether oxygens (including phenoxy) is 11. The van der Waals surface area contributed by atoms with Gasteiger partial charge in [0.05, 0.1) is 163 Å². The Morgan fingerprint density at radius 2 is 0.650 bits per heavy atom. The number of likely N-dealkylation sites (tertiary alicyclic amines) is 3. The maximum atomic E-state index is 14.9. The van der Waals surface area contributed by atoms with E-state index in [9.17, 15) is 91.4 Å². The number of imide groups is 1. The molecular weight excluding hydrogens is 1820 g/mol. The molecule has 0 bridgehead atoms. The number of unbranched alkanes of at least 4 members (excludes halogenated alkanes) is 2. The zero-order valence-corrected chi connectivity index (χ0v) is 83.6. The Hall–Kier alpha value is -9.47. The minimum atomic E-state index is -0.807. The molecule has 18 amide bonds. The van der Waals surface area contributed by atoms with Gasteiger partial charge in [0.1, 0.15) is 0 Å². The van der Waals surface area contributed by atoms with Crippen LogP contribution in [0.15, 0.2) is 0 Å². The van der Waals surface area contributed by atoms with Gasteiger partial charge in [0.25, 0.3) is 0 Å². The molecule has 0 aromatic heterocycles. The smallest absolute Gasteiger partial charge is 0.242 e. The van der Waals surface area contributed by atoms with E-state index >= 15 is 0 Å². The fourth-order valence-electron chi connectivity index (χ4n) is 14.6. The molecule has 3 fully saturated rings. The number of thioether (sulfide) groups is 1. The summed E-state index contributed by atoms with van der Waals surface area (Å²) in [4.78, 5) is 269. The van der Waals surface area contributed by atoms with Crippen molar-refractivity contribution >= 4 is 118 Å². The first-order valence-corrected chi connectivity index (χ1v) is 47.8. The molecule has 3 saturated heterocycles. The second-order valence-corrected chi connectivity index (χ2v) is 34.7. The number of primary amides is 1. The van der Waals surface area contributed by atoms with E-state index in [1.165, 1.54) is 102 Å². The molecule has 137 heavy (non-hydrogen) atoms. The Morgan fingerprint density at radius 3 is 0.920 bits per heavy atom. The second kappa shape index (κ2) is 71.0. The molecule has 3 heterocycles. The monoisotopic (exact) mass is 1970 g/mol. The van der Waals surface area contributed by atoms with Crippen molar-refractivity contribution in [1.82, 2.24) is 78.8 Å². The summed E-state index contributed by atoms with van der Waals surface area (Å²) in [5.41, 5.74) is 5.44. The van der Waals surface area contributed by atoms with Crippen LogP contribution < -0.4 is 11.1 Å². The van der Waals surface area contributed by atoms with Crippen LogP contribution in [0.1, 0.15) is 90.9 Å². The first-order valence-electron chi connectivity index (χ1n) is 46.7. The molecule has 0 aliphatic carbocycles. The van der Waals surface area contributed by atoms with Crippen molar-refractivity contribution in [3.63, 3.8) is 0 Å². The van der Waals surface area contributed by atoms with E-state index < -0.39 is 167 Å². The number of carbonyl (C=O) groups excluding carboxylic acids is 18. The van der Waals surface area contributed by atoms with Crippen molar-refractivity contribution in [2.75, 3.05) is 358 Å². The summed E-state index contributed by atoms with van der Waals surface area (Å²) in [5.74, 6) is -10.1. The summed E-state index contributed by atoms with van der Waals surface area (Å²) < 4.78 is 58.7. The number of hydrogen-bond donors (Lipinski definition) is 3. The van der Waals surface area contributed by atoms with Gasteiger partial charge in [-0.05, 0) is 44.4 Å². The van der Waals surface area contributed by atoms with Crippen molar-refractivity contribution in [3.05, 3.63) is 0 Å². The number of hydrogen-bond acceptors (Lipinski definition) is 31. The molecule has 3 rings (SSSR count). The minimum Gasteiger partial charge on any atom is -0.390 e. The molecule has 47 nitrogen and oxygen atoms in total. The number of methoxy groups -OCH3 is 10. The molecule has 3 aliphatic rings. The number of rotatable bonds is 79. The van der Waals surface area contributed by atoms with Gasteiger partial charge in [-0.15, -0.1) is 0 Å². The number of nitrogens with zero attached hydrogens (tertiary/aromatic N) is 15. The summed E-state index contributed by atoms with van der Waals surface area (Å²) in [6.45, 7) is -3.63. The van der Waals surface area contributed by atoms with Gasteiger partial charge in [0.15, 0.2) is 0 Å². The van der Waals surface area contributed by atoms with Crippen LogP contribution in [0.3, 0.4) is 0 Å². The summed E-state index contributed by atoms with van der Waals surface area (Å²) >= 11 is 1.36. The van der Waals surface area contributed by atoms with Gasteiger partial charge in [-0.3, -0.25) is 91.2 Å². The van der Waals surface area contributed by atoms with Crippen LogP contribution in [0, 0.1) is 11.8 Å². The Labute approximate surface area is 809 Å². The lowest BCUT2D eigenvalue weighted by atomic mass is 10.1. The Bertz CT molecular complexity index is 3730. The van der Waals surface area contributed by atoms with Gasteiger partial charge in [0.2, 0.25) is 106 Å². The lowest BCUT2D eigenvalue weighted by Crippen LogP contribution is -2.54. The topological polar surface area (TPSA) is 516 Å². The van der Waals surface area contributed by atoms with E-state index in [-0.39, 0.29) is 239 Å². The number of nitrogens with two attached hydrogens (primary N) is 1. The average molecular weight is 1980 g/mol. The van der Waals surface area contributed by atoms with E-state index in [1.54, 1.807) is 9.80 Å². The largest absolute Gasteiger partial charge is 0.390 e. The lowest BCUT2D eigenvalue weighted by Gasteiger charge is -2.33. The van der Waals surface area contributed by atoms with E-state index in [2.05, 4.69) is 5.32 Å². The Balaban J connectivity index is 1.86. The highest BCUT2D eigenvalue weighted by molar-refractivity contribution is 7.99. The summed E-state index contributed by atoms with van der Waals surface area (Å²) in [6.07, 6.45) is 2.83. The molecule has 0 spiro atoms. The maximum Gasteiger partial charge on any atom is 0.242 e. The zero-order chi connectivity index (χ0) is 102. The normalized spacial score (nSPS) is 13.8. The van der Waals surface area contributed by atoms with Gasteiger partial charge in [-0.2, -0.15) is 11.8 Å². The lowest BCUT2D eigenvalue weighted by molar-refractivity contribution is -0.150. The summed E-state index contributed by atoms with van der Waals surface area (Å²) in [5, 5.41) is 13.1. The van der Waals surface area contributed by atoms with Crippen LogP contribution in [-0.4, -0.2) is 549 Å². The number of carbonyl (C=O) groups is 18. The molecule has 0 saturated carbocycles. The zero-order valence-electron chi connectivity index (χ0n) is 82.8. The predicted octanol–water partition coefficient (Wildman–Crippen LogP) is -4.89. The standard InChI is InChI=1S/C89H155N17O30S/c1-69(2)65-136-66-71(107)68-137-67-70-52-77(113)106(89(70)125)31-23-73(109)91-24-15-13-14-20-76(112)97(33-43-127-4)56-83(119)98(34-44-128-5)57-78(114)94(29-18-27-92-25-16-21-74(92)110)54-82(118)102(38-48-132-9)61-86(122)104(40-50-134-11)63-88(124)105(41-51-135-12)64-87(123)103(39-49-133-10)62-84(120)99(35-45-129-6)58-79(115)95(30-19-28-93-26-17-22-75(93)111)55-81(117)101(37-47-131-8)60-85(121)100(36-46-130-7)59-80(116)96(32-42-126-3)53-72(90)108/h69-71,107H,13-68H2,1-12H3,(H2,90,108)(H,91,109). The Morgan fingerprint density at radius 1 is 0.365 bits per heavy atom. The quantitative estimate of drug-likeness (QED) is 0.0380. The second-order valence-electron chi connectivity index (χ2n) is 33.7. The fourth-order valence-corrected chi connectivity index (χ4v) is 15.7. The van der Waals surface area contributed by atoms with Crippen LogP contribution in [0.5, 0.6) is 0 Å². The van der Waals surface area contributed by atoms with E-state index in [1.807, 2.05) is 13.8 Å². The molecular formula is C89H155N17O30S. The highest BCUT2D eigenvalue weighted by Crippen LogP contribution is 2.25. The first-order chi connectivity index (χ1) is 65.7. The van der Waals surface area contributed by atoms with Crippen molar-refractivity contribution in [2.24, 2.45) is 17.6 Å². The SMILES string of the molecule is COCCN(CC(N)=O)C(=O)CN(CCOC)C(=O)CN(CCOC)C(=O)CN(CCCN1CCCC1=O)C(=O)CN(CCOC)C(=O)CN(CCOC)C(=O)CN(CCOC)C(=O)CN(CCOC)C(=O)CN(CCOC)C(=O)CN(CCCN1CCCC1=O)C(=O)CN(CCOC)C(=O)CN(CCOC)C(=O)CCCCCNC(=O)CCN1C(=O)CC(CSCC(O)COCC(C)C)C1=O. The third kappa shape index (κ3) is 48.8. The van der Waals surface area contributed by atoms with E-state index in [0.717, 1.165) is 44.1 Å². The van der Waals surface area contributed by atoms with Crippen molar-refractivity contribution in [2.45, 2.75) is 97.0 Å². The maximum absolute atomic E-state index is 14.9. The van der Waals surface area contributed by atoms with Gasteiger partial charge in [-0.1, -0.05) is 20.3 Å². The van der Waals surface area contributed by atoms with Crippen LogP contribution in [-0.2, 0) is 138 Å². The molecule has 782 valence electrons. The molecule has 3 aliphatic heterocycles. The average Bonchev–Trinajstić information content (AvgIpc) is 1.69. The number of aliphatic hydroxyl groups is 1.